The van der Waals surface area contributed by atoms with E-state index in [1.165, 1.54) is 4.90 Å². The van der Waals surface area contributed by atoms with Crippen LogP contribution in [0.2, 0.25) is 5.02 Å². The molecule has 1 aliphatic heterocycles. The Bertz CT molecular complexity index is 1210. The number of halogens is 2. The molecule has 2 aromatic carbocycles. The van der Waals surface area contributed by atoms with Gasteiger partial charge in [0.15, 0.2) is 0 Å². The Balaban J connectivity index is 1.39. The molecule has 1 aliphatic rings. The van der Waals surface area contributed by atoms with E-state index in [1.54, 1.807) is 24.3 Å². The van der Waals surface area contributed by atoms with Crippen molar-refractivity contribution in [1.82, 2.24) is 10.2 Å². The van der Waals surface area contributed by atoms with E-state index in [-0.39, 0.29) is 18.4 Å². The molecule has 1 fully saturated rings. The van der Waals surface area contributed by atoms with E-state index in [1.807, 2.05) is 42.5 Å². The van der Waals surface area contributed by atoms with Gasteiger partial charge in [-0.15, -0.1) is 0 Å². The van der Waals surface area contributed by atoms with Gasteiger partial charge in [0.2, 0.25) is 5.91 Å². The number of hydrogen-bond donors (Lipinski definition) is 1. The summed E-state index contributed by atoms with van der Waals surface area (Å²) in [6.45, 7) is 0.239. The van der Waals surface area contributed by atoms with Crippen molar-refractivity contribution in [2.75, 3.05) is 6.54 Å². The van der Waals surface area contributed by atoms with Crippen molar-refractivity contribution < 1.29 is 14.0 Å². The molecule has 162 valence electrons. The topological polar surface area (TPSA) is 62.6 Å². The number of rotatable bonds is 6. The van der Waals surface area contributed by atoms with Crippen molar-refractivity contribution in [1.29, 1.82) is 0 Å². The molecule has 2 heterocycles. The summed E-state index contributed by atoms with van der Waals surface area (Å²) in [5.74, 6) is 0.586. The molecule has 32 heavy (non-hydrogen) atoms. The third-order valence-electron chi connectivity index (χ3n) is 4.61. The minimum Gasteiger partial charge on any atom is -0.457 e. The van der Waals surface area contributed by atoms with Crippen molar-refractivity contribution in [3.05, 3.63) is 86.4 Å². The van der Waals surface area contributed by atoms with Gasteiger partial charge in [-0.25, -0.2) is 0 Å². The zero-order valence-corrected chi connectivity index (χ0v) is 20.5. The van der Waals surface area contributed by atoms with E-state index in [4.69, 9.17) is 28.2 Å². The first-order chi connectivity index (χ1) is 15.4. The van der Waals surface area contributed by atoms with E-state index in [0.717, 1.165) is 27.4 Å². The number of benzene rings is 2. The van der Waals surface area contributed by atoms with Crippen LogP contribution in [0.5, 0.6) is 0 Å². The lowest BCUT2D eigenvalue weighted by Gasteiger charge is -2.14. The van der Waals surface area contributed by atoms with Crippen LogP contribution in [0.1, 0.15) is 11.3 Å². The molecule has 0 unspecified atom stereocenters. The zero-order valence-electron chi connectivity index (χ0n) is 16.5. The SMILES string of the molecule is O=C(CN1C(=O)/C(=C/c2ccc(-c3ccc(Cl)cc3)o2)SC1=S)NCc1ccc(Br)cc1. The molecule has 0 radical (unpaired) electrons. The van der Waals surface area contributed by atoms with Crippen LogP contribution in [0.3, 0.4) is 0 Å². The number of carbonyl (C=O) groups excluding carboxylic acids is 2. The van der Waals surface area contributed by atoms with E-state index < -0.39 is 0 Å². The van der Waals surface area contributed by atoms with Crippen LogP contribution in [-0.4, -0.2) is 27.6 Å². The predicted molar refractivity (Wildman–Crippen MR) is 135 cm³/mol. The van der Waals surface area contributed by atoms with Gasteiger partial charge in [0.05, 0.1) is 4.91 Å². The highest BCUT2D eigenvalue weighted by Gasteiger charge is 2.33. The first-order valence-corrected chi connectivity index (χ1v) is 11.9. The smallest absolute Gasteiger partial charge is 0.266 e. The largest absolute Gasteiger partial charge is 0.457 e. The molecule has 0 atom stereocenters. The van der Waals surface area contributed by atoms with Crippen molar-refractivity contribution in [2.45, 2.75) is 6.54 Å². The molecule has 0 spiro atoms. The standard InChI is InChI=1S/C23H16BrClN2O3S2/c24-16-5-1-14(2-6-16)12-26-21(28)13-27-22(29)20(32-23(27)31)11-18-9-10-19(30-18)15-3-7-17(25)8-4-15/h1-11H,12-13H2,(H,26,28)/b20-11-. The summed E-state index contributed by atoms with van der Waals surface area (Å²) in [7, 11) is 0. The second-order valence-electron chi connectivity index (χ2n) is 6.88. The monoisotopic (exact) mass is 546 g/mol. The van der Waals surface area contributed by atoms with Crippen molar-refractivity contribution >= 4 is 73.7 Å². The second kappa shape index (κ2) is 10.0. The summed E-state index contributed by atoms with van der Waals surface area (Å²) >= 11 is 15.8. The Labute approximate surface area is 207 Å². The maximum atomic E-state index is 12.8. The molecule has 2 amide bonds. The minimum absolute atomic E-state index is 0.132. The summed E-state index contributed by atoms with van der Waals surface area (Å²) in [4.78, 5) is 26.8. The molecule has 0 saturated carbocycles. The van der Waals surface area contributed by atoms with Crippen LogP contribution in [0.25, 0.3) is 17.4 Å². The first kappa shape index (κ1) is 22.8. The van der Waals surface area contributed by atoms with Gasteiger partial charge in [-0.3, -0.25) is 14.5 Å². The van der Waals surface area contributed by atoms with Gasteiger partial charge in [-0.1, -0.05) is 63.6 Å². The highest BCUT2D eigenvalue weighted by atomic mass is 79.9. The lowest BCUT2D eigenvalue weighted by Crippen LogP contribution is -2.39. The predicted octanol–water partition coefficient (Wildman–Crippen LogP) is 5.88. The Hall–Kier alpha value is -2.39. The Kier molecular flexibility index (Phi) is 7.15. The van der Waals surface area contributed by atoms with Gasteiger partial charge in [0.1, 0.15) is 22.4 Å². The number of nitrogens with zero attached hydrogens (tertiary/aromatic N) is 1. The fourth-order valence-corrected chi connectivity index (χ4v) is 4.59. The molecular weight excluding hydrogens is 532 g/mol. The van der Waals surface area contributed by atoms with Crippen molar-refractivity contribution in [3.8, 4) is 11.3 Å². The van der Waals surface area contributed by atoms with Crippen LogP contribution in [0, 0.1) is 0 Å². The number of amides is 2. The van der Waals surface area contributed by atoms with Crippen LogP contribution >= 0.6 is 51.5 Å². The molecule has 1 N–H and O–H groups in total. The van der Waals surface area contributed by atoms with E-state index >= 15 is 0 Å². The fourth-order valence-electron chi connectivity index (χ4n) is 2.97. The van der Waals surface area contributed by atoms with Crippen LogP contribution in [0.4, 0.5) is 0 Å². The summed E-state index contributed by atoms with van der Waals surface area (Å²) in [6.07, 6.45) is 1.64. The number of nitrogens with one attached hydrogen (secondary N) is 1. The molecular formula is C23H16BrClN2O3S2. The second-order valence-corrected chi connectivity index (χ2v) is 9.91. The Morgan fingerprint density at radius 1 is 1.12 bits per heavy atom. The molecule has 4 rings (SSSR count). The van der Waals surface area contributed by atoms with Gasteiger partial charge in [-0.05, 0) is 54.1 Å². The van der Waals surface area contributed by atoms with Crippen LogP contribution in [0.15, 0.2) is 74.5 Å². The summed E-state index contributed by atoms with van der Waals surface area (Å²) < 4.78 is 7.14. The molecule has 5 nitrogen and oxygen atoms in total. The number of thioether (sulfide) groups is 1. The lowest BCUT2D eigenvalue weighted by atomic mass is 10.2. The Morgan fingerprint density at radius 3 is 2.56 bits per heavy atom. The Morgan fingerprint density at radius 2 is 1.84 bits per heavy atom. The molecule has 3 aromatic rings. The van der Waals surface area contributed by atoms with E-state index in [9.17, 15) is 9.59 Å². The number of carbonyl (C=O) groups is 2. The normalized spacial score (nSPS) is 14.9. The maximum Gasteiger partial charge on any atom is 0.266 e. The van der Waals surface area contributed by atoms with Gasteiger partial charge in [-0.2, -0.15) is 0 Å². The maximum absolute atomic E-state index is 12.8. The average molecular weight is 548 g/mol. The van der Waals surface area contributed by atoms with Crippen LogP contribution in [-0.2, 0) is 16.1 Å². The third kappa shape index (κ3) is 5.50. The van der Waals surface area contributed by atoms with Gasteiger partial charge in [0, 0.05) is 27.7 Å². The molecule has 9 heteroatoms. The van der Waals surface area contributed by atoms with Crippen molar-refractivity contribution in [2.24, 2.45) is 0 Å². The van der Waals surface area contributed by atoms with Gasteiger partial charge in [0.25, 0.3) is 5.91 Å². The molecule has 1 saturated heterocycles. The minimum atomic E-state index is -0.316. The summed E-state index contributed by atoms with van der Waals surface area (Å²) in [5, 5.41) is 3.46. The van der Waals surface area contributed by atoms with Gasteiger partial charge < -0.3 is 9.73 Å². The average Bonchev–Trinajstić information content (AvgIpc) is 3.34. The lowest BCUT2D eigenvalue weighted by molar-refractivity contribution is -0.128. The first-order valence-electron chi connectivity index (χ1n) is 9.51. The fraction of sp³-hybridized carbons (Fsp3) is 0.0870. The highest BCUT2D eigenvalue weighted by Crippen LogP contribution is 2.33. The quantitative estimate of drug-likeness (QED) is 0.308. The third-order valence-corrected chi connectivity index (χ3v) is 6.77. The van der Waals surface area contributed by atoms with E-state index in [0.29, 0.717) is 32.3 Å². The highest BCUT2D eigenvalue weighted by molar-refractivity contribution is 9.10. The van der Waals surface area contributed by atoms with E-state index in [2.05, 4.69) is 21.2 Å². The van der Waals surface area contributed by atoms with Crippen LogP contribution < -0.4 is 5.32 Å². The number of hydrogen-bond acceptors (Lipinski definition) is 5. The van der Waals surface area contributed by atoms with Crippen molar-refractivity contribution in [3.63, 3.8) is 0 Å². The molecule has 0 aliphatic carbocycles. The molecule has 0 bridgehead atoms. The van der Waals surface area contributed by atoms with Gasteiger partial charge >= 0.3 is 0 Å². The number of furan rings is 1. The summed E-state index contributed by atoms with van der Waals surface area (Å²) in [5.41, 5.74) is 1.84. The zero-order chi connectivity index (χ0) is 22.7. The summed E-state index contributed by atoms with van der Waals surface area (Å²) in [6, 6.07) is 18.5. The molecule has 1 aromatic heterocycles. The number of thiocarbonyl (C=S) groups is 1.